The van der Waals surface area contributed by atoms with Crippen LogP contribution in [0.1, 0.15) is 15.9 Å². The summed E-state index contributed by atoms with van der Waals surface area (Å²) in [7, 11) is 1.90. The predicted octanol–water partition coefficient (Wildman–Crippen LogP) is 2.88. The number of carbonyl (C=O) groups excluding carboxylic acids is 2. The van der Waals surface area contributed by atoms with E-state index in [2.05, 4.69) is 5.32 Å². The van der Waals surface area contributed by atoms with E-state index >= 15 is 0 Å². The number of hydrogen-bond acceptors (Lipinski definition) is 3. The third kappa shape index (κ3) is 2.60. The minimum atomic E-state index is -0.679. The standard InChI is InChI=1S/C18H18N2O2/c1-12-7-9-13(10-8-12)19-18(22)15-11-20(2)16-6-4-3-5-14(16)17(15)21/h3-10,15H,11H2,1-2H3,(H,19,22). The monoisotopic (exact) mass is 294 g/mol. The number of nitrogens with zero attached hydrogens (tertiary/aromatic N) is 1. The number of carbonyl (C=O) groups is 2. The Kier molecular flexibility index (Phi) is 3.67. The van der Waals surface area contributed by atoms with Crippen LogP contribution in [0.2, 0.25) is 0 Å². The van der Waals surface area contributed by atoms with Gasteiger partial charge in [-0.15, -0.1) is 0 Å². The summed E-state index contributed by atoms with van der Waals surface area (Å²) in [6, 6.07) is 15.0. The fourth-order valence-corrected chi connectivity index (χ4v) is 2.73. The van der Waals surface area contributed by atoms with Crippen LogP contribution in [0, 0.1) is 12.8 Å². The molecule has 0 aromatic heterocycles. The minimum absolute atomic E-state index is 0.113. The molecule has 1 unspecified atom stereocenters. The second kappa shape index (κ2) is 5.64. The number of rotatable bonds is 2. The molecule has 112 valence electrons. The van der Waals surface area contributed by atoms with E-state index in [4.69, 9.17) is 0 Å². The van der Waals surface area contributed by atoms with Crippen LogP contribution in [-0.4, -0.2) is 25.3 Å². The van der Waals surface area contributed by atoms with Crippen molar-refractivity contribution in [1.29, 1.82) is 0 Å². The van der Waals surface area contributed by atoms with Crippen LogP contribution in [0.5, 0.6) is 0 Å². The molecule has 1 amide bonds. The Morgan fingerprint density at radius 3 is 2.55 bits per heavy atom. The van der Waals surface area contributed by atoms with Crippen molar-refractivity contribution in [2.75, 3.05) is 23.8 Å². The molecule has 1 aliphatic heterocycles. The molecule has 0 radical (unpaired) electrons. The zero-order valence-electron chi connectivity index (χ0n) is 12.7. The van der Waals surface area contributed by atoms with Crippen LogP contribution in [0.3, 0.4) is 0 Å². The molecular formula is C18H18N2O2. The zero-order valence-corrected chi connectivity index (χ0v) is 12.7. The molecule has 1 aliphatic rings. The summed E-state index contributed by atoms with van der Waals surface area (Å²) >= 11 is 0. The average Bonchev–Trinajstić information content (AvgIpc) is 2.53. The summed E-state index contributed by atoms with van der Waals surface area (Å²) in [6.45, 7) is 2.38. The van der Waals surface area contributed by atoms with Crippen molar-refractivity contribution < 1.29 is 9.59 Å². The highest BCUT2D eigenvalue weighted by Crippen LogP contribution is 2.29. The largest absolute Gasteiger partial charge is 0.373 e. The summed E-state index contributed by atoms with van der Waals surface area (Å²) in [5, 5.41) is 2.83. The van der Waals surface area contributed by atoms with Crippen molar-refractivity contribution in [2.24, 2.45) is 5.92 Å². The lowest BCUT2D eigenvalue weighted by molar-refractivity contribution is -0.118. The highest BCUT2D eigenvalue weighted by molar-refractivity contribution is 6.17. The molecule has 1 atom stereocenters. The first-order valence-corrected chi connectivity index (χ1v) is 7.28. The lowest BCUT2D eigenvalue weighted by atomic mass is 9.90. The molecule has 22 heavy (non-hydrogen) atoms. The molecule has 4 heteroatoms. The molecule has 0 aliphatic carbocycles. The van der Waals surface area contributed by atoms with E-state index in [0.717, 1.165) is 11.3 Å². The van der Waals surface area contributed by atoms with E-state index in [1.807, 2.05) is 61.3 Å². The summed E-state index contributed by atoms with van der Waals surface area (Å²) < 4.78 is 0. The Morgan fingerprint density at radius 1 is 1.14 bits per heavy atom. The Bertz CT molecular complexity index is 722. The number of aryl methyl sites for hydroxylation is 1. The van der Waals surface area contributed by atoms with E-state index in [1.54, 1.807) is 6.07 Å². The van der Waals surface area contributed by atoms with Gasteiger partial charge in [0.1, 0.15) is 5.92 Å². The number of para-hydroxylation sites is 1. The van der Waals surface area contributed by atoms with Gasteiger partial charge in [0.2, 0.25) is 5.91 Å². The van der Waals surface area contributed by atoms with Gasteiger partial charge in [-0.25, -0.2) is 0 Å². The maximum Gasteiger partial charge on any atom is 0.237 e. The molecule has 0 bridgehead atoms. The normalized spacial score (nSPS) is 17.1. The number of hydrogen-bond donors (Lipinski definition) is 1. The van der Waals surface area contributed by atoms with Crippen LogP contribution in [0.4, 0.5) is 11.4 Å². The first-order chi connectivity index (χ1) is 10.6. The predicted molar refractivity (Wildman–Crippen MR) is 87.3 cm³/mol. The van der Waals surface area contributed by atoms with E-state index in [-0.39, 0.29) is 11.7 Å². The zero-order chi connectivity index (χ0) is 15.7. The molecule has 0 spiro atoms. The molecule has 1 heterocycles. The fraction of sp³-hybridized carbons (Fsp3) is 0.222. The maximum absolute atomic E-state index is 12.6. The third-order valence-corrected chi connectivity index (χ3v) is 3.99. The minimum Gasteiger partial charge on any atom is -0.373 e. The third-order valence-electron chi connectivity index (χ3n) is 3.99. The molecule has 0 fully saturated rings. The summed E-state index contributed by atoms with van der Waals surface area (Å²) in [4.78, 5) is 27.0. The quantitative estimate of drug-likeness (QED) is 0.866. The van der Waals surface area contributed by atoms with Crippen molar-refractivity contribution in [2.45, 2.75) is 6.92 Å². The van der Waals surface area contributed by atoms with Gasteiger partial charge >= 0.3 is 0 Å². The lowest BCUT2D eigenvalue weighted by Gasteiger charge is -2.31. The first-order valence-electron chi connectivity index (χ1n) is 7.28. The maximum atomic E-state index is 12.6. The van der Waals surface area contributed by atoms with E-state index < -0.39 is 5.92 Å². The van der Waals surface area contributed by atoms with Gasteiger partial charge in [-0.1, -0.05) is 29.8 Å². The van der Waals surface area contributed by atoms with Crippen LogP contribution in [0.15, 0.2) is 48.5 Å². The van der Waals surface area contributed by atoms with E-state index in [0.29, 0.717) is 17.8 Å². The van der Waals surface area contributed by atoms with Gasteiger partial charge in [-0.2, -0.15) is 0 Å². The van der Waals surface area contributed by atoms with Crippen molar-refractivity contribution in [3.8, 4) is 0 Å². The fourth-order valence-electron chi connectivity index (χ4n) is 2.73. The molecule has 4 nitrogen and oxygen atoms in total. The van der Waals surface area contributed by atoms with Gasteiger partial charge in [0.15, 0.2) is 5.78 Å². The molecule has 0 saturated heterocycles. The number of ketones is 1. The van der Waals surface area contributed by atoms with Crippen molar-refractivity contribution >= 4 is 23.1 Å². The van der Waals surface area contributed by atoms with E-state index in [9.17, 15) is 9.59 Å². The van der Waals surface area contributed by atoms with Gasteiger partial charge < -0.3 is 10.2 Å². The molecule has 3 rings (SSSR count). The van der Waals surface area contributed by atoms with Crippen LogP contribution < -0.4 is 10.2 Å². The summed E-state index contributed by atoms with van der Waals surface area (Å²) in [6.07, 6.45) is 0. The highest BCUT2D eigenvalue weighted by Gasteiger charge is 2.35. The van der Waals surface area contributed by atoms with Gasteiger partial charge in [0, 0.05) is 30.5 Å². The SMILES string of the molecule is Cc1ccc(NC(=O)C2CN(C)c3ccccc3C2=O)cc1. The van der Waals surface area contributed by atoms with Gasteiger partial charge in [-0.3, -0.25) is 9.59 Å². The molecule has 2 aromatic carbocycles. The van der Waals surface area contributed by atoms with E-state index in [1.165, 1.54) is 0 Å². The molecule has 2 aromatic rings. The second-order valence-corrected chi connectivity index (χ2v) is 5.67. The Balaban J connectivity index is 1.82. The van der Waals surface area contributed by atoms with Crippen LogP contribution in [0.25, 0.3) is 0 Å². The second-order valence-electron chi connectivity index (χ2n) is 5.67. The van der Waals surface area contributed by atoms with Gasteiger partial charge in [0.05, 0.1) is 0 Å². The topological polar surface area (TPSA) is 49.4 Å². The highest BCUT2D eigenvalue weighted by atomic mass is 16.2. The average molecular weight is 294 g/mol. The molecule has 0 saturated carbocycles. The van der Waals surface area contributed by atoms with Gasteiger partial charge in [-0.05, 0) is 31.2 Å². The number of fused-ring (bicyclic) bond motifs is 1. The summed E-state index contributed by atoms with van der Waals surface area (Å²) in [5.41, 5.74) is 3.33. The Morgan fingerprint density at radius 2 is 1.82 bits per heavy atom. The molecule has 1 N–H and O–H groups in total. The number of benzene rings is 2. The Labute approximate surface area is 129 Å². The van der Waals surface area contributed by atoms with Crippen molar-refractivity contribution in [3.05, 3.63) is 59.7 Å². The van der Waals surface area contributed by atoms with Crippen LogP contribution >= 0.6 is 0 Å². The number of anilines is 2. The van der Waals surface area contributed by atoms with Crippen LogP contribution in [-0.2, 0) is 4.79 Å². The number of amides is 1. The van der Waals surface area contributed by atoms with Crippen molar-refractivity contribution in [1.82, 2.24) is 0 Å². The Hall–Kier alpha value is -2.62. The smallest absolute Gasteiger partial charge is 0.237 e. The molecular weight excluding hydrogens is 276 g/mol. The lowest BCUT2D eigenvalue weighted by Crippen LogP contribution is -2.43. The van der Waals surface area contributed by atoms with Gasteiger partial charge in [0.25, 0.3) is 0 Å². The number of Topliss-reactive ketones (excluding diaryl/α,β-unsaturated/α-hetero) is 1. The summed E-state index contributed by atoms with van der Waals surface area (Å²) in [5.74, 6) is -1.05. The van der Waals surface area contributed by atoms with Crippen molar-refractivity contribution in [3.63, 3.8) is 0 Å². The number of nitrogens with one attached hydrogen (secondary N) is 1. The first kappa shape index (κ1) is 14.3.